The van der Waals surface area contributed by atoms with Crippen molar-refractivity contribution in [3.05, 3.63) is 24.0 Å². The maximum atomic E-state index is 5.69. The normalized spacial score (nSPS) is 17.0. The molecule has 1 unspecified atom stereocenters. The van der Waals surface area contributed by atoms with Gasteiger partial charge in [0.05, 0.1) is 6.61 Å². The van der Waals surface area contributed by atoms with E-state index >= 15 is 0 Å². The van der Waals surface area contributed by atoms with E-state index in [-0.39, 0.29) is 0 Å². The van der Waals surface area contributed by atoms with Crippen molar-refractivity contribution >= 4 is 0 Å². The zero-order chi connectivity index (χ0) is 12.8. The van der Waals surface area contributed by atoms with Crippen LogP contribution in [0.15, 0.2) is 18.5 Å². The Morgan fingerprint density at radius 2 is 2.28 bits per heavy atom. The Morgan fingerprint density at radius 3 is 2.94 bits per heavy atom. The molecule has 0 bridgehead atoms. The highest BCUT2D eigenvalue weighted by molar-refractivity contribution is 5.15. The molecule has 1 N–H and O–H groups in total. The fourth-order valence-electron chi connectivity index (χ4n) is 2.17. The zero-order valence-electron chi connectivity index (χ0n) is 11.7. The predicted molar refractivity (Wildman–Crippen MR) is 74.4 cm³/mol. The second-order valence-electron chi connectivity index (χ2n) is 5.32. The number of nitrogens with one attached hydrogen (secondary N) is 1. The van der Waals surface area contributed by atoms with Gasteiger partial charge in [0.15, 0.2) is 0 Å². The minimum absolute atomic E-state index is 0.481. The van der Waals surface area contributed by atoms with Crippen LogP contribution in [0.5, 0.6) is 0 Å². The van der Waals surface area contributed by atoms with Crippen molar-refractivity contribution in [1.82, 2.24) is 9.88 Å². The Hall–Kier alpha value is -0.800. The molecule has 2 rings (SSSR count). The van der Waals surface area contributed by atoms with Gasteiger partial charge in [0.25, 0.3) is 0 Å². The molecule has 1 aromatic rings. The quantitative estimate of drug-likeness (QED) is 0.727. The number of ether oxygens (including phenoxy) is 1. The standard InChI is InChI=1S/C15H26N2O/c1-3-8-16-15(4-2)14-7-9-17(10-14)12-18-11-13-5-6-13/h7,9-10,13,15-16H,3-6,8,11-12H2,1-2H3. The number of aromatic nitrogens is 1. The number of nitrogens with zero attached hydrogens (tertiary/aromatic N) is 1. The van der Waals surface area contributed by atoms with Crippen LogP contribution >= 0.6 is 0 Å². The zero-order valence-corrected chi connectivity index (χ0v) is 11.7. The van der Waals surface area contributed by atoms with Crippen LogP contribution < -0.4 is 5.32 Å². The van der Waals surface area contributed by atoms with Crippen LogP contribution in [-0.4, -0.2) is 17.7 Å². The van der Waals surface area contributed by atoms with Gasteiger partial charge in [-0.2, -0.15) is 0 Å². The third-order valence-corrected chi connectivity index (χ3v) is 3.52. The van der Waals surface area contributed by atoms with Crippen LogP contribution in [0.1, 0.15) is 51.1 Å². The van der Waals surface area contributed by atoms with Gasteiger partial charge < -0.3 is 14.6 Å². The van der Waals surface area contributed by atoms with Crippen LogP contribution in [0.25, 0.3) is 0 Å². The van der Waals surface area contributed by atoms with Crippen molar-refractivity contribution in [1.29, 1.82) is 0 Å². The number of rotatable bonds is 9. The third-order valence-electron chi connectivity index (χ3n) is 3.52. The lowest BCUT2D eigenvalue weighted by atomic mass is 10.1. The van der Waals surface area contributed by atoms with Gasteiger partial charge in [0.1, 0.15) is 6.73 Å². The van der Waals surface area contributed by atoms with Crippen LogP contribution in [0.3, 0.4) is 0 Å². The van der Waals surface area contributed by atoms with Crippen LogP contribution in [0, 0.1) is 5.92 Å². The van der Waals surface area contributed by atoms with Crippen molar-refractivity contribution in [2.75, 3.05) is 13.2 Å². The highest BCUT2D eigenvalue weighted by Gasteiger charge is 2.21. The van der Waals surface area contributed by atoms with E-state index in [9.17, 15) is 0 Å². The lowest BCUT2D eigenvalue weighted by Gasteiger charge is -2.15. The summed E-state index contributed by atoms with van der Waals surface area (Å²) < 4.78 is 7.84. The van der Waals surface area contributed by atoms with Crippen molar-refractivity contribution < 1.29 is 4.74 Å². The molecule has 1 aromatic heterocycles. The van der Waals surface area contributed by atoms with Crippen LogP contribution in [0.2, 0.25) is 0 Å². The summed E-state index contributed by atoms with van der Waals surface area (Å²) in [6, 6.07) is 2.69. The average Bonchev–Trinajstić information content (AvgIpc) is 3.09. The summed E-state index contributed by atoms with van der Waals surface area (Å²) in [5, 5.41) is 3.58. The summed E-state index contributed by atoms with van der Waals surface area (Å²) in [6.45, 7) is 7.15. The van der Waals surface area contributed by atoms with E-state index in [0.29, 0.717) is 12.8 Å². The van der Waals surface area contributed by atoms with E-state index in [1.807, 2.05) is 0 Å². The van der Waals surface area contributed by atoms with Crippen LogP contribution in [0.4, 0.5) is 0 Å². The molecule has 3 heteroatoms. The fraction of sp³-hybridized carbons (Fsp3) is 0.733. The van der Waals surface area contributed by atoms with E-state index in [2.05, 4.69) is 42.2 Å². The van der Waals surface area contributed by atoms with Crippen molar-refractivity contribution in [3.8, 4) is 0 Å². The second-order valence-corrected chi connectivity index (χ2v) is 5.32. The van der Waals surface area contributed by atoms with E-state index in [1.165, 1.54) is 24.8 Å². The van der Waals surface area contributed by atoms with Crippen molar-refractivity contribution in [2.24, 2.45) is 5.92 Å². The Labute approximate surface area is 111 Å². The molecule has 3 nitrogen and oxygen atoms in total. The monoisotopic (exact) mass is 250 g/mol. The van der Waals surface area contributed by atoms with E-state index in [0.717, 1.165) is 25.5 Å². The highest BCUT2D eigenvalue weighted by Crippen LogP contribution is 2.28. The molecule has 1 aliphatic carbocycles. The van der Waals surface area contributed by atoms with Gasteiger partial charge in [-0.05, 0) is 49.8 Å². The molecule has 0 radical (unpaired) electrons. The first kappa shape index (κ1) is 13.6. The van der Waals surface area contributed by atoms with E-state index < -0.39 is 0 Å². The summed E-state index contributed by atoms with van der Waals surface area (Å²) in [4.78, 5) is 0. The topological polar surface area (TPSA) is 26.2 Å². The molecule has 1 atom stereocenters. The molecular formula is C15H26N2O. The first-order valence-corrected chi connectivity index (χ1v) is 7.30. The highest BCUT2D eigenvalue weighted by atomic mass is 16.5. The third kappa shape index (κ3) is 4.14. The second kappa shape index (κ2) is 6.95. The van der Waals surface area contributed by atoms with Crippen molar-refractivity contribution in [2.45, 2.75) is 52.3 Å². The van der Waals surface area contributed by atoms with Gasteiger partial charge in [0, 0.05) is 18.4 Å². The molecule has 1 fully saturated rings. The molecule has 0 aliphatic heterocycles. The van der Waals surface area contributed by atoms with E-state index in [1.54, 1.807) is 0 Å². The molecule has 102 valence electrons. The Bertz CT molecular complexity index is 344. The van der Waals surface area contributed by atoms with E-state index in [4.69, 9.17) is 4.74 Å². The summed E-state index contributed by atoms with van der Waals surface area (Å²) in [6.07, 6.45) is 9.36. The Morgan fingerprint density at radius 1 is 1.44 bits per heavy atom. The molecule has 0 aromatic carbocycles. The summed E-state index contributed by atoms with van der Waals surface area (Å²) in [7, 11) is 0. The van der Waals surface area contributed by atoms with Gasteiger partial charge in [0.2, 0.25) is 0 Å². The summed E-state index contributed by atoms with van der Waals surface area (Å²) in [5.74, 6) is 0.842. The van der Waals surface area contributed by atoms with Gasteiger partial charge >= 0.3 is 0 Å². The average molecular weight is 250 g/mol. The van der Waals surface area contributed by atoms with Gasteiger partial charge in [-0.3, -0.25) is 0 Å². The van der Waals surface area contributed by atoms with Crippen LogP contribution in [-0.2, 0) is 11.5 Å². The molecule has 1 heterocycles. The fourth-order valence-corrected chi connectivity index (χ4v) is 2.17. The smallest absolute Gasteiger partial charge is 0.122 e. The first-order valence-electron chi connectivity index (χ1n) is 7.30. The Balaban J connectivity index is 1.78. The summed E-state index contributed by atoms with van der Waals surface area (Å²) in [5.41, 5.74) is 1.38. The van der Waals surface area contributed by atoms with Gasteiger partial charge in [-0.25, -0.2) is 0 Å². The lowest BCUT2D eigenvalue weighted by Crippen LogP contribution is -2.21. The first-order chi connectivity index (χ1) is 8.83. The largest absolute Gasteiger partial charge is 0.361 e. The maximum absolute atomic E-state index is 5.69. The molecule has 1 aliphatic rings. The molecule has 1 saturated carbocycles. The molecule has 18 heavy (non-hydrogen) atoms. The lowest BCUT2D eigenvalue weighted by molar-refractivity contribution is 0.0691. The summed E-state index contributed by atoms with van der Waals surface area (Å²) >= 11 is 0. The predicted octanol–water partition coefficient (Wildman–Crippen LogP) is 3.32. The van der Waals surface area contributed by atoms with Gasteiger partial charge in [-0.1, -0.05) is 13.8 Å². The molecule has 0 spiro atoms. The number of hydrogen-bond acceptors (Lipinski definition) is 2. The minimum atomic E-state index is 0.481. The molecular weight excluding hydrogens is 224 g/mol. The molecule has 0 amide bonds. The van der Waals surface area contributed by atoms with Crippen molar-refractivity contribution in [3.63, 3.8) is 0 Å². The maximum Gasteiger partial charge on any atom is 0.122 e. The Kier molecular flexibility index (Phi) is 5.26. The van der Waals surface area contributed by atoms with Gasteiger partial charge in [-0.15, -0.1) is 0 Å². The number of hydrogen-bond donors (Lipinski definition) is 1. The molecule has 0 saturated heterocycles. The SMILES string of the molecule is CCCNC(CC)c1ccn(COCC2CC2)c1. The minimum Gasteiger partial charge on any atom is -0.361 e.